The highest BCUT2D eigenvalue weighted by Crippen LogP contribution is 2.21. The second-order valence-electron chi connectivity index (χ2n) is 7.43. The van der Waals surface area contributed by atoms with Crippen LogP contribution in [-0.4, -0.2) is 43.0 Å². The quantitative estimate of drug-likeness (QED) is 0.922. The van der Waals surface area contributed by atoms with Crippen LogP contribution in [-0.2, 0) is 11.3 Å². The van der Waals surface area contributed by atoms with Crippen LogP contribution >= 0.6 is 0 Å². The molecule has 1 N–H and O–H groups in total. The Kier molecular flexibility index (Phi) is 5.77. The molecule has 0 spiro atoms. The van der Waals surface area contributed by atoms with Crippen LogP contribution in [0.1, 0.15) is 45.1 Å². The Morgan fingerprint density at radius 3 is 2.46 bits per heavy atom. The van der Waals surface area contributed by atoms with E-state index >= 15 is 0 Å². The Morgan fingerprint density at radius 2 is 1.83 bits per heavy atom. The lowest BCUT2D eigenvalue weighted by Gasteiger charge is -2.37. The zero-order valence-corrected chi connectivity index (χ0v) is 15.1. The van der Waals surface area contributed by atoms with Crippen LogP contribution < -0.4 is 10.2 Å². The van der Waals surface area contributed by atoms with Crippen LogP contribution in [0.3, 0.4) is 0 Å². The van der Waals surface area contributed by atoms with Crippen molar-refractivity contribution in [2.45, 2.75) is 52.1 Å². The molecule has 1 aromatic rings. The molecular formula is C20H31N3O. The van der Waals surface area contributed by atoms with Gasteiger partial charge in [0.15, 0.2) is 0 Å². The van der Waals surface area contributed by atoms with Crippen molar-refractivity contribution < 1.29 is 4.79 Å². The third kappa shape index (κ3) is 4.29. The predicted molar refractivity (Wildman–Crippen MR) is 99.2 cm³/mol. The SMILES string of the molecule is CC(=O)N1CC[C@H](NCc2ccc(N3CCCCC3)cc2)[C@@H](C)C1. The van der Waals surface area contributed by atoms with Crippen molar-refractivity contribution in [2.24, 2.45) is 5.92 Å². The summed E-state index contributed by atoms with van der Waals surface area (Å²) in [5.74, 6) is 0.712. The number of nitrogens with zero attached hydrogens (tertiary/aromatic N) is 2. The van der Waals surface area contributed by atoms with E-state index < -0.39 is 0 Å². The van der Waals surface area contributed by atoms with Gasteiger partial charge >= 0.3 is 0 Å². The number of hydrogen-bond donors (Lipinski definition) is 1. The maximum absolute atomic E-state index is 11.5. The number of anilines is 1. The van der Waals surface area contributed by atoms with Crippen LogP contribution in [0.4, 0.5) is 5.69 Å². The van der Waals surface area contributed by atoms with Gasteiger partial charge in [-0.25, -0.2) is 0 Å². The number of piperidine rings is 2. The molecule has 2 aliphatic rings. The summed E-state index contributed by atoms with van der Waals surface area (Å²) in [6.07, 6.45) is 5.06. The molecular weight excluding hydrogens is 298 g/mol. The lowest BCUT2D eigenvalue weighted by molar-refractivity contribution is -0.130. The van der Waals surface area contributed by atoms with Gasteiger partial charge in [-0.05, 0) is 49.3 Å². The van der Waals surface area contributed by atoms with Crippen molar-refractivity contribution in [3.63, 3.8) is 0 Å². The lowest BCUT2D eigenvalue weighted by atomic mass is 9.93. The van der Waals surface area contributed by atoms with Crippen molar-refractivity contribution in [3.05, 3.63) is 29.8 Å². The topological polar surface area (TPSA) is 35.6 Å². The zero-order valence-electron chi connectivity index (χ0n) is 15.1. The third-order valence-electron chi connectivity index (χ3n) is 5.58. The number of carbonyl (C=O) groups is 1. The molecule has 1 aromatic carbocycles. The maximum atomic E-state index is 11.5. The molecule has 0 saturated carbocycles. The standard InChI is InChI=1S/C20H31N3O/c1-16-15-23(17(2)24)13-10-20(16)21-14-18-6-8-19(9-7-18)22-11-4-3-5-12-22/h6-9,16,20-21H,3-5,10-15H2,1-2H3/t16-,20-/m0/s1. The van der Waals surface area contributed by atoms with E-state index in [1.165, 1.54) is 43.6 Å². The molecule has 132 valence electrons. The van der Waals surface area contributed by atoms with Gasteiger partial charge in [0.1, 0.15) is 0 Å². The summed E-state index contributed by atoms with van der Waals surface area (Å²) >= 11 is 0. The summed E-state index contributed by atoms with van der Waals surface area (Å²) in [5.41, 5.74) is 2.71. The molecule has 4 nitrogen and oxygen atoms in total. The van der Waals surface area contributed by atoms with Gasteiger partial charge in [0.2, 0.25) is 5.91 Å². The van der Waals surface area contributed by atoms with Crippen molar-refractivity contribution in [2.75, 3.05) is 31.1 Å². The molecule has 1 amide bonds. The molecule has 2 fully saturated rings. The molecule has 2 atom stereocenters. The third-order valence-corrected chi connectivity index (χ3v) is 5.58. The maximum Gasteiger partial charge on any atom is 0.219 e. The first kappa shape index (κ1) is 17.3. The van der Waals surface area contributed by atoms with E-state index in [1.807, 2.05) is 4.90 Å². The van der Waals surface area contributed by atoms with E-state index in [-0.39, 0.29) is 5.91 Å². The van der Waals surface area contributed by atoms with Crippen LogP contribution in [0.15, 0.2) is 24.3 Å². The molecule has 2 saturated heterocycles. The first-order chi connectivity index (χ1) is 11.6. The summed E-state index contributed by atoms with van der Waals surface area (Å²) in [5, 5.41) is 3.69. The first-order valence-electron chi connectivity index (χ1n) is 9.46. The van der Waals surface area contributed by atoms with Gasteiger partial charge in [0, 0.05) is 51.4 Å². The smallest absolute Gasteiger partial charge is 0.219 e. The number of rotatable bonds is 4. The molecule has 0 aromatic heterocycles. The summed E-state index contributed by atoms with van der Waals surface area (Å²) in [4.78, 5) is 16.0. The average Bonchev–Trinajstić information content (AvgIpc) is 2.62. The highest BCUT2D eigenvalue weighted by atomic mass is 16.2. The molecule has 3 rings (SSSR count). The minimum atomic E-state index is 0.202. The van der Waals surface area contributed by atoms with E-state index in [2.05, 4.69) is 41.4 Å². The number of carbonyl (C=O) groups excluding carboxylic acids is 1. The summed E-state index contributed by atoms with van der Waals surface area (Å²) < 4.78 is 0. The Labute approximate surface area is 146 Å². The highest BCUT2D eigenvalue weighted by molar-refractivity contribution is 5.73. The number of amides is 1. The van der Waals surface area contributed by atoms with Gasteiger partial charge in [-0.3, -0.25) is 4.79 Å². The van der Waals surface area contributed by atoms with E-state index in [4.69, 9.17) is 0 Å². The molecule has 0 radical (unpaired) electrons. The average molecular weight is 329 g/mol. The Balaban J connectivity index is 1.49. The highest BCUT2D eigenvalue weighted by Gasteiger charge is 2.26. The van der Waals surface area contributed by atoms with Crippen molar-refractivity contribution in [1.82, 2.24) is 10.2 Å². The van der Waals surface area contributed by atoms with E-state index in [9.17, 15) is 4.79 Å². The Morgan fingerprint density at radius 1 is 1.12 bits per heavy atom. The summed E-state index contributed by atoms with van der Waals surface area (Å²) in [6, 6.07) is 9.55. The predicted octanol–water partition coefficient (Wildman–Crippen LogP) is 3.02. The zero-order chi connectivity index (χ0) is 16.9. The summed E-state index contributed by atoms with van der Waals surface area (Å²) in [6.45, 7) is 8.98. The summed E-state index contributed by atoms with van der Waals surface area (Å²) in [7, 11) is 0. The van der Waals surface area contributed by atoms with Crippen molar-refractivity contribution in [1.29, 1.82) is 0 Å². The van der Waals surface area contributed by atoms with Crippen LogP contribution in [0.2, 0.25) is 0 Å². The monoisotopic (exact) mass is 329 g/mol. The molecule has 2 aliphatic heterocycles. The van der Waals surface area contributed by atoms with Crippen molar-refractivity contribution in [3.8, 4) is 0 Å². The fourth-order valence-corrected chi connectivity index (χ4v) is 3.96. The fraction of sp³-hybridized carbons (Fsp3) is 0.650. The second kappa shape index (κ2) is 8.02. The van der Waals surface area contributed by atoms with Gasteiger partial charge in [-0.1, -0.05) is 19.1 Å². The van der Waals surface area contributed by atoms with E-state index in [1.54, 1.807) is 6.92 Å². The normalized spacial score (nSPS) is 24.9. The molecule has 4 heteroatoms. The van der Waals surface area contributed by atoms with Crippen LogP contribution in [0, 0.1) is 5.92 Å². The van der Waals surface area contributed by atoms with Gasteiger partial charge in [-0.2, -0.15) is 0 Å². The largest absolute Gasteiger partial charge is 0.372 e. The van der Waals surface area contributed by atoms with Gasteiger partial charge in [0.25, 0.3) is 0 Å². The molecule has 24 heavy (non-hydrogen) atoms. The van der Waals surface area contributed by atoms with E-state index in [0.717, 1.165) is 26.1 Å². The van der Waals surface area contributed by atoms with Crippen molar-refractivity contribution >= 4 is 11.6 Å². The van der Waals surface area contributed by atoms with Gasteiger partial charge in [-0.15, -0.1) is 0 Å². The van der Waals surface area contributed by atoms with Gasteiger partial charge in [0.05, 0.1) is 0 Å². The number of nitrogens with one attached hydrogen (secondary N) is 1. The van der Waals surface area contributed by atoms with Gasteiger partial charge < -0.3 is 15.1 Å². The Hall–Kier alpha value is -1.55. The van der Waals surface area contributed by atoms with Crippen LogP contribution in [0.25, 0.3) is 0 Å². The molecule has 2 heterocycles. The minimum absolute atomic E-state index is 0.202. The lowest BCUT2D eigenvalue weighted by Crippen LogP contribution is -2.49. The van der Waals surface area contributed by atoms with Crippen LogP contribution in [0.5, 0.6) is 0 Å². The van der Waals surface area contributed by atoms with E-state index in [0.29, 0.717) is 12.0 Å². The molecule has 0 aliphatic carbocycles. The molecule has 0 unspecified atom stereocenters. The number of likely N-dealkylation sites (tertiary alicyclic amines) is 1. The fourth-order valence-electron chi connectivity index (χ4n) is 3.96. The first-order valence-corrected chi connectivity index (χ1v) is 9.46. The number of benzene rings is 1. The Bertz CT molecular complexity index is 536. The second-order valence-corrected chi connectivity index (χ2v) is 7.43. The molecule has 0 bridgehead atoms. The minimum Gasteiger partial charge on any atom is -0.372 e. The number of hydrogen-bond acceptors (Lipinski definition) is 3.